The van der Waals surface area contributed by atoms with E-state index in [9.17, 15) is 0 Å². The summed E-state index contributed by atoms with van der Waals surface area (Å²) in [6.07, 6.45) is 1.53. The summed E-state index contributed by atoms with van der Waals surface area (Å²) in [5.74, 6) is 0.862. The fourth-order valence-electron chi connectivity index (χ4n) is 1.95. The third-order valence-corrected chi connectivity index (χ3v) is 3.45. The van der Waals surface area contributed by atoms with E-state index in [1.807, 2.05) is 42.8 Å². The first kappa shape index (κ1) is 12.7. The Morgan fingerprint density at radius 1 is 1.33 bits per heavy atom. The highest BCUT2D eigenvalue weighted by molar-refractivity contribution is 6.31. The lowest BCUT2D eigenvalue weighted by Gasteiger charge is -2.02. The standard InChI is InChI=1S/C14H14ClN3/c1-10-17-13(14(9-16)18(10)2)8-7-11-5-3-4-6-12(11)15/h3-6H,7-8H2,1-2H3. The van der Waals surface area contributed by atoms with Crippen molar-refractivity contribution in [1.29, 1.82) is 5.26 Å². The average molecular weight is 260 g/mol. The third-order valence-electron chi connectivity index (χ3n) is 3.09. The molecule has 1 aromatic heterocycles. The molecule has 0 spiro atoms. The maximum atomic E-state index is 9.13. The summed E-state index contributed by atoms with van der Waals surface area (Å²) >= 11 is 6.11. The maximum absolute atomic E-state index is 9.13. The van der Waals surface area contributed by atoms with Crippen LogP contribution in [0.2, 0.25) is 5.02 Å². The fourth-order valence-corrected chi connectivity index (χ4v) is 2.18. The second-order valence-electron chi connectivity index (χ2n) is 4.22. The zero-order chi connectivity index (χ0) is 13.1. The smallest absolute Gasteiger partial charge is 0.143 e. The minimum absolute atomic E-state index is 0.638. The van der Waals surface area contributed by atoms with Crippen LogP contribution in [-0.2, 0) is 19.9 Å². The molecular weight excluding hydrogens is 246 g/mol. The van der Waals surface area contributed by atoms with Gasteiger partial charge in [-0.15, -0.1) is 0 Å². The van der Waals surface area contributed by atoms with Gasteiger partial charge in [0.15, 0.2) is 0 Å². The number of hydrogen-bond acceptors (Lipinski definition) is 2. The highest BCUT2D eigenvalue weighted by atomic mass is 35.5. The van der Waals surface area contributed by atoms with Gasteiger partial charge in [-0.1, -0.05) is 29.8 Å². The second kappa shape index (κ2) is 5.24. The Balaban J connectivity index is 2.19. The van der Waals surface area contributed by atoms with Crippen LogP contribution >= 0.6 is 11.6 Å². The molecule has 0 aliphatic carbocycles. The topological polar surface area (TPSA) is 41.6 Å². The van der Waals surface area contributed by atoms with Crippen LogP contribution in [0.25, 0.3) is 0 Å². The number of nitriles is 1. The molecule has 1 aromatic carbocycles. The first-order valence-corrected chi connectivity index (χ1v) is 6.17. The molecule has 2 aromatic rings. The molecule has 0 atom stereocenters. The van der Waals surface area contributed by atoms with Crippen LogP contribution in [0.15, 0.2) is 24.3 Å². The predicted molar refractivity (Wildman–Crippen MR) is 71.5 cm³/mol. The number of hydrogen-bond donors (Lipinski definition) is 0. The van der Waals surface area contributed by atoms with Crippen molar-refractivity contribution in [2.24, 2.45) is 7.05 Å². The molecule has 0 radical (unpaired) electrons. The second-order valence-corrected chi connectivity index (χ2v) is 4.62. The molecule has 0 bridgehead atoms. The molecule has 0 amide bonds. The van der Waals surface area contributed by atoms with E-state index in [1.54, 1.807) is 0 Å². The zero-order valence-corrected chi connectivity index (χ0v) is 11.2. The summed E-state index contributed by atoms with van der Waals surface area (Å²) < 4.78 is 1.82. The van der Waals surface area contributed by atoms with Gasteiger partial charge in [0.1, 0.15) is 17.6 Å². The molecule has 1 heterocycles. The highest BCUT2D eigenvalue weighted by Crippen LogP contribution is 2.18. The number of imidazole rings is 1. The quantitative estimate of drug-likeness (QED) is 0.850. The number of aromatic nitrogens is 2. The molecule has 92 valence electrons. The van der Waals surface area contributed by atoms with Crippen molar-refractivity contribution in [3.63, 3.8) is 0 Å². The Bertz CT molecular complexity index is 608. The van der Waals surface area contributed by atoms with Crippen molar-refractivity contribution in [3.8, 4) is 6.07 Å². The summed E-state index contributed by atoms with van der Waals surface area (Å²) in [5, 5.41) is 9.89. The SMILES string of the molecule is Cc1nc(CCc2ccccc2Cl)c(C#N)n1C. The van der Waals surface area contributed by atoms with E-state index in [1.165, 1.54) is 0 Å². The molecule has 0 fully saturated rings. The molecule has 0 saturated carbocycles. The molecule has 0 aliphatic rings. The molecule has 4 heteroatoms. The minimum atomic E-state index is 0.638. The van der Waals surface area contributed by atoms with Gasteiger partial charge >= 0.3 is 0 Å². The van der Waals surface area contributed by atoms with Gasteiger partial charge < -0.3 is 4.57 Å². The van der Waals surface area contributed by atoms with Gasteiger partial charge in [-0.25, -0.2) is 4.98 Å². The Kier molecular flexibility index (Phi) is 3.69. The van der Waals surface area contributed by atoms with Gasteiger partial charge in [0.05, 0.1) is 5.69 Å². The molecule has 3 nitrogen and oxygen atoms in total. The summed E-state index contributed by atoms with van der Waals surface area (Å²) in [6.45, 7) is 1.90. The van der Waals surface area contributed by atoms with Crippen molar-refractivity contribution < 1.29 is 0 Å². The van der Waals surface area contributed by atoms with Crippen LogP contribution in [0.3, 0.4) is 0 Å². The summed E-state index contributed by atoms with van der Waals surface area (Å²) in [7, 11) is 1.86. The van der Waals surface area contributed by atoms with E-state index < -0.39 is 0 Å². The van der Waals surface area contributed by atoms with E-state index in [2.05, 4.69) is 11.1 Å². The number of benzene rings is 1. The number of nitrogens with zero attached hydrogens (tertiary/aromatic N) is 3. The fraction of sp³-hybridized carbons (Fsp3) is 0.286. The van der Waals surface area contributed by atoms with Crippen LogP contribution < -0.4 is 0 Å². The first-order chi connectivity index (χ1) is 8.63. The van der Waals surface area contributed by atoms with Gasteiger partial charge in [-0.2, -0.15) is 5.26 Å². The lowest BCUT2D eigenvalue weighted by atomic mass is 10.1. The highest BCUT2D eigenvalue weighted by Gasteiger charge is 2.12. The Hall–Kier alpha value is -1.79. The molecule has 0 unspecified atom stereocenters. The van der Waals surface area contributed by atoms with Crippen LogP contribution in [-0.4, -0.2) is 9.55 Å². The van der Waals surface area contributed by atoms with Crippen LogP contribution in [0, 0.1) is 18.3 Å². The number of halogens is 1. The van der Waals surface area contributed by atoms with Gasteiger partial charge in [-0.3, -0.25) is 0 Å². The monoisotopic (exact) mass is 259 g/mol. The molecule has 18 heavy (non-hydrogen) atoms. The van der Waals surface area contributed by atoms with E-state index >= 15 is 0 Å². The van der Waals surface area contributed by atoms with Crippen LogP contribution in [0.4, 0.5) is 0 Å². The van der Waals surface area contributed by atoms with Gasteiger partial charge in [0.25, 0.3) is 0 Å². The normalized spacial score (nSPS) is 10.3. The summed E-state index contributed by atoms with van der Waals surface area (Å²) in [6, 6.07) is 9.97. The van der Waals surface area contributed by atoms with Crippen molar-refractivity contribution in [1.82, 2.24) is 9.55 Å². The molecule has 0 saturated heterocycles. The number of rotatable bonds is 3. The Morgan fingerprint density at radius 2 is 2.06 bits per heavy atom. The van der Waals surface area contributed by atoms with Crippen LogP contribution in [0.1, 0.15) is 22.8 Å². The summed E-state index contributed by atoms with van der Waals surface area (Å²) in [5.41, 5.74) is 2.57. The lowest BCUT2D eigenvalue weighted by Crippen LogP contribution is -1.98. The van der Waals surface area contributed by atoms with E-state index in [4.69, 9.17) is 16.9 Å². The summed E-state index contributed by atoms with van der Waals surface area (Å²) in [4.78, 5) is 4.42. The van der Waals surface area contributed by atoms with Gasteiger partial charge in [-0.05, 0) is 31.4 Å². The van der Waals surface area contributed by atoms with E-state index in [0.29, 0.717) is 5.69 Å². The molecule has 0 N–H and O–H groups in total. The van der Waals surface area contributed by atoms with Gasteiger partial charge in [0.2, 0.25) is 0 Å². The largest absolute Gasteiger partial charge is 0.323 e. The van der Waals surface area contributed by atoms with Crippen molar-refractivity contribution >= 4 is 11.6 Å². The van der Waals surface area contributed by atoms with E-state index in [0.717, 1.165) is 34.9 Å². The lowest BCUT2D eigenvalue weighted by molar-refractivity contribution is 0.844. The molecule has 2 rings (SSSR count). The molecular formula is C14H14ClN3. The van der Waals surface area contributed by atoms with Crippen molar-refractivity contribution in [3.05, 3.63) is 52.1 Å². The molecule has 0 aliphatic heterocycles. The Morgan fingerprint density at radius 3 is 2.72 bits per heavy atom. The Labute approximate surface area is 112 Å². The zero-order valence-electron chi connectivity index (χ0n) is 10.4. The minimum Gasteiger partial charge on any atom is -0.323 e. The van der Waals surface area contributed by atoms with Gasteiger partial charge in [0, 0.05) is 12.1 Å². The third kappa shape index (κ3) is 2.39. The number of aryl methyl sites for hydroxylation is 3. The first-order valence-electron chi connectivity index (χ1n) is 5.79. The van der Waals surface area contributed by atoms with E-state index in [-0.39, 0.29) is 0 Å². The van der Waals surface area contributed by atoms with Crippen molar-refractivity contribution in [2.75, 3.05) is 0 Å². The predicted octanol–water partition coefficient (Wildman–Crippen LogP) is 3.04. The van der Waals surface area contributed by atoms with Crippen LogP contribution in [0.5, 0.6) is 0 Å². The average Bonchev–Trinajstić information content (AvgIpc) is 2.64. The maximum Gasteiger partial charge on any atom is 0.143 e. The van der Waals surface area contributed by atoms with Crippen molar-refractivity contribution in [2.45, 2.75) is 19.8 Å².